The zero-order valence-corrected chi connectivity index (χ0v) is 10.3. The highest BCUT2D eigenvalue weighted by Crippen LogP contribution is 2.53. The van der Waals surface area contributed by atoms with Crippen molar-refractivity contribution >= 4 is 0 Å². The summed E-state index contributed by atoms with van der Waals surface area (Å²) in [5, 5.41) is 3.45. The van der Waals surface area contributed by atoms with E-state index in [1.165, 1.54) is 6.07 Å². The lowest BCUT2D eigenvalue weighted by molar-refractivity contribution is 0.526. The van der Waals surface area contributed by atoms with Crippen LogP contribution in [0.2, 0.25) is 0 Å². The van der Waals surface area contributed by atoms with Crippen LogP contribution in [0.3, 0.4) is 0 Å². The molecule has 2 atom stereocenters. The lowest BCUT2D eigenvalue weighted by atomic mass is 9.95. The molecular formula is C14H20FN. The van der Waals surface area contributed by atoms with E-state index in [4.69, 9.17) is 0 Å². The maximum absolute atomic E-state index is 13.2. The van der Waals surface area contributed by atoms with Gasteiger partial charge in [0.1, 0.15) is 5.82 Å². The van der Waals surface area contributed by atoms with Gasteiger partial charge in [-0.3, -0.25) is 0 Å². The second-order valence-corrected chi connectivity index (χ2v) is 5.39. The Morgan fingerprint density at radius 1 is 1.50 bits per heavy atom. The van der Waals surface area contributed by atoms with Crippen molar-refractivity contribution in [2.24, 2.45) is 5.92 Å². The summed E-state index contributed by atoms with van der Waals surface area (Å²) < 4.78 is 13.2. The molecule has 0 aliphatic heterocycles. The molecular weight excluding hydrogens is 201 g/mol. The Bertz CT molecular complexity index is 375. The first-order chi connectivity index (χ1) is 7.52. The summed E-state index contributed by atoms with van der Waals surface area (Å²) in [4.78, 5) is 0. The minimum atomic E-state index is -0.124. The van der Waals surface area contributed by atoms with Gasteiger partial charge in [0.25, 0.3) is 0 Å². The van der Waals surface area contributed by atoms with E-state index in [1.54, 1.807) is 12.1 Å². The van der Waals surface area contributed by atoms with Gasteiger partial charge in [-0.1, -0.05) is 32.9 Å². The summed E-state index contributed by atoms with van der Waals surface area (Å²) in [5.41, 5.74) is 1.33. The highest BCUT2D eigenvalue weighted by atomic mass is 19.1. The molecule has 0 aromatic heterocycles. The second kappa shape index (κ2) is 4.17. The van der Waals surface area contributed by atoms with Crippen LogP contribution >= 0.6 is 0 Å². The van der Waals surface area contributed by atoms with Crippen molar-refractivity contribution in [3.05, 3.63) is 35.6 Å². The van der Waals surface area contributed by atoms with Crippen LogP contribution in [-0.4, -0.2) is 12.6 Å². The topological polar surface area (TPSA) is 12.0 Å². The van der Waals surface area contributed by atoms with Crippen LogP contribution in [0.4, 0.5) is 4.39 Å². The van der Waals surface area contributed by atoms with Gasteiger partial charge in [0.2, 0.25) is 0 Å². The molecule has 1 aromatic rings. The Labute approximate surface area is 97.1 Å². The fourth-order valence-electron chi connectivity index (χ4n) is 2.33. The maximum Gasteiger partial charge on any atom is 0.123 e. The van der Waals surface area contributed by atoms with Crippen LogP contribution in [0.5, 0.6) is 0 Å². The molecule has 0 spiro atoms. The van der Waals surface area contributed by atoms with Crippen molar-refractivity contribution in [2.75, 3.05) is 6.54 Å². The molecule has 0 bridgehead atoms. The summed E-state index contributed by atoms with van der Waals surface area (Å²) in [7, 11) is 0. The van der Waals surface area contributed by atoms with Gasteiger partial charge >= 0.3 is 0 Å². The van der Waals surface area contributed by atoms with Crippen LogP contribution in [0, 0.1) is 11.7 Å². The van der Waals surface area contributed by atoms with Crippen molar-refractivity contribution in [3.63, 3.8) is 0 Å². The van der Waals surface area contributed by atoms with E-state index >= 15 is 0 Å². The second-order valence-electron chi connectivity index (χ2n) is 5.39. The van der Waals surface area contributed by atoms with E-state index in [9.17, 15) is 4.39 Å². The van der Waals surface area contributed by atoms with Gasteiger partial charge < -0.3 is 5.32 Å². The molecule has 1 nitrogen and oxygen atoms in total. The number of hydrogen-bond acceptors (Lipinski definition) is 1. The van der Waals surface area contributed by atoms with E-state index in [2.05, 4.69) is 26.1 Å². The van der Waals surface area contributed by atoms with Crippen LogP contribution in [0.1, 0.15) is 32.8 Å². The van der Waals surface area contributed by atoms with Crippen LogP contribution in [0.25, 0.3) is 0 Å². The van der Waals surface area contributed by atoms with Gasteiger partial charge in [-0.2, -0.15) is 0 Å². The van der Waals surface area contributed by atoms with Crippen molar-refractivity contribution in [1.82, 2.24) is 5.32 Å². The SMILES string of the molecule is CC(C)NCC1CC1(C)c1cccc(F)c1. The molecule has 1 N–H and O–H groups in total. The number of hydrogen-bond donors (Lipinski definition) is 1. The summed E-state index contributed by atoms with van der Waals surface area (Å²) in [6, 6.07) is 7.56. The van der Waals surface area contributed by atoms with E-state index < -0.39 is 0 Å². The fourth-order valence-corrected chi connectivity index (χ4v) is 2.33. The molecule has 1 aliphatic rings. The number of benzene rings is 1. The average molecular weight is 221 g/mol. The molecule has 2 heteroatoms. The summed E-state index contributed by atoms with van der Waals surface area (Å²) in [5.74, 6) is 0.526. The molecule has 1 aliphatic carbocycles. The zero-order valence-electron chi connectivity index (χ0n) is 10.3. The molecule has 1 saturated carbocycles. The Kier molecular flexibility index (Phi) is 3.02. The van der Waals surface area contributed by atoms with E-state index in [-0.39, 0.29) is 11.2 Å². The van der Waals surface area contributed by atoms with Gasteiger partial charge in [0.05, 0.1) is 0 Å². The third-order valence-electron chi connectivity index (χ3n) is 3.67. The van der Waals surface area contributed by atoms with Gasteiger partial charge in [0.15, 0.2) is 0 Å². The largest absolute Gasteiger partial charge is 0.314 e. The monoisotopic (exact) mass is 221 g/mol. The highest BCUT2D eigenvalue weighted by Gasteiger charge is 2.50. The normalized spacial score (nSPS) is 28.4. The van der Waals surface area contributed by atoms with Crippen LogP contribution < -0.4 is 5.32 Å². The lowest BCUT2D eigenvalue weighted by Crippen LogP contribution is -2.26. The third-order valence-corrected chi connectivity index (χ3v) is 3.67. The fraction of sp³-hybridized carbons (Fsp3) is 0.571. The summed E-state index contributed by atoms with van der Waals surface area (Å²) >= 11 is 0. The quantitative estimate of drug-likeness (QED) is 0.823. The van der Waals surface area contributed by atoms with Crippen LogP contribution in [-0.2, 0) is 5.41 Å². The molecule has 2 unspecified atom stereocenters. The van der Waals surface area contributed by atoms with Crippen molar-refractivity contribution in [3.8, 4) is 0 Å². The molecule has 0 saturated heterocycles. The first kappa shape index (κ1) is 11.6. The molecule has 2 rings (SSSR count). The smallest absolute Gasteiger partial charge is 0.123 e. The van der Waals surface area contributed by atoms with Gasteiger partial charge in [-0.25, -0.2) is 4.39 Å². The maximum atomic E-state index is 13.2. The molecule has 1 aromatic carbocycles. The minimum absolute atomic E-state index is 0.124. The predicted octanol–water partition coefficient (Wildman–Crippen LogP) is 3.10. The molecule has 16 heavy (non-hydrogen) atoms. The molecule has 1 fully saturated rings. The number of rotatable bonds is 4. The van der Waals surface area contributed by atoms with Gasteiger partial charge in [-0.15, -0.1) is 0 Å². The summed E-state index contributed by atoms with van der Waals surface area (Å²) in [6.07, 6.45) is 1.16. The molecule has 0 radical (unpaired) electrons. The predicted molar refractivity (Wildman–Crippen MR) is 65.0 cm³/mol. The van der Waals surface area contributed by atoms with Crippen molar-refractivity contribution in [1.29, 1.82) is 0 Å². The standard InChI is InChI=1S/C14H20FN/c1-10(2)16-9-12-8-14(12,3)11-5-4-6-13(15)7-11/h4-7,10,12,16H,8-9H2,1-3H3. The molecule has 0 amide bonds. The van der Waals surface area contributed by atoms with Crippen LogP contribution in [0.15, 0.2) is 24.3 Å². The van der Waals surface area contributed by atoms with Gasteiger partial charge in [-0.05, 0) is 42.0 Å². The van der Waals surface area contributed by atoms with Crippen molar-refractivity contribution in [2.45, 2.75) is 38.6 Å². The molecule has 88 valence electrons. The molecule has 0 heterocycles. The van der Waals surface area contributed by atoms with Crippen molar-refractivity contribution < 1.29 is 4.39 Å². The third kappa shape index (κ3) is 2.27. The Morgan fingerprint density at radius 2 is 2.25 bits per heavy atom. The average Bonchev–Trinajstić information content (AvgIpc) is 2.88. The zero-order chi connectivity index (χ0) is 11.8. The highest BCUT2D eigenvalue weighted by molar-refractivity contribution is 5.33. The van der Waals surface area contributed by atoms with E-state index in [0.29, 0.717) is 12.0 Å². The lowest BCUT2D eigenvalue weighted by Gasteiger charge is -2.13. The van der Waals surface area contributed by atoms with Gasteiger partial charge in [0, 0.05) is 6.04 Å². The Balaban J connectivity index is 2.01. The number of halogens is 1. The first-order valence-electron chi connectivity index (χ1n) is 6.02. The first-order valence-corrected chi connectivity index (χ1v) is 6.02. The van der Waals surface area contributed by atoms with E-state index in [1.807, 2.05) is 6.07 Å². The summed E-state index contributed by atoms with van der Waals surface area (Å²) in [6.45, 7) is 7.57. The van der Waals surface area contributed by atoms with E-state index in [0.717, 1.165) is 18.5 Å². The Morgan fingerprint density at radius 3 is 2.88 bits per heavy atom. The minimum Gasteiger partial charge on any atom is -0.314 e. The Hall–Kier alpha value is -0.890. The number of nitrogens with one attached hydrogen (secondary N) is 1.